The van der Waals surface area contributed by atoms with Gasteiger partial charge in [-0.1, -0.05) is 6.07 Å². The Morgan fingerprint density at radius 2 is 2.10 bits per heavy atom. The Morgan fingerprint density at radius 3 is 2.80 bits per heavy atom. The van der Waals surface area contributed by atoms with Crippen LogP contribution in [0.25, 0.3) is 22.4 Å². The number of hydrogen-bond donors (Lipinski definition) is 2. The molecule has 0 saturated heterocycles. The fourth-order valence-electron chi connectivity index (χ4n) is 2.20. The minimum Gasteiger partial charge on any atom is -0.397 e. The van der Waals surface area contributed by atoms with E-state index in [2.05, 4.69) is 9.97 Å². The molecule has 0 unspecified atom stereocenters. The molecule has 0 radical (unpaired) electrons. The fraction of sp³-hybridized carbons (Fsp3) is 0.0714. The van der Waals surface area contributed by atoms with Crippen LogP contribution in [-0.4, -0.2) is 20.4 Å². The highest BCUT2D eigenvalue weighted by atomic mass is 16.1. The van der Waals surface area contributed by atoms with Crippen LogP contribution in [0.5, 0.6) is 0 Å². The maximum Gasteiger partial charge on any atom is 0.237 e. The van der Waals surface area contributed by atoms with Gasteiger partial charge in [0.2, 0.25) is 5.91 Å². The third-order valence-electron chi connectivity index (χ3n) is 3.04. The number of hydrogen-bond acceptors (Lipinski definition) is 4. The molecule has 0 aliphatic rings. The first-order chi connectivity index (χ1) is 9.66. The van der Waals surface area contributed by atoms with Gasteiger partial charge in [0.05, 0.1) is 11.2 Å². The van der Waals surface area contributed by atoms with Crippen molar-refractivity contribution >= 4 is 22.6 Å². The standard InChI is InChI=1S/C14H13N5O/c15-10-4-1-5-11-13(10)18-14(19(11)8-12(16)20)9-3-2-6-17-7-9/h1-7H,8,15H2,(H2,16,20). The molecule has 0 aliphatic carbocycles. The molecular weight excluding hydrogens is 254 g/mol. The maximum absolute atomic E-state index is 11.3. The number of nitrogens with two attached hydrogens (primary N) is 2. The van der Waals surface area contributed by atoms with E-state index in [1.807, 2.05) is 24.3 Å². The molecule has 3 aromatic rings. The summed E-state index contributed by atoms with van der Waals surface area (Å²) >= 11 is 0. The Hall–Kier alpha value is -2.89. The summed E-state index contributed by atoms with van der Waals surface area (Å²) < 4.78 is 1.76. The molecule has 0 atom stereocenters. The molecule has 0 bridgehead atoms. The van der Waals surface area contributed by atoms with E-state index in [0.29, 0.717) is 17.0 Å². The summed E-state index contributed by atoms with van der Waals surface area (Å²) in [6, 6.07) is 9.15. The van der Waals surface area contributed by atoms with Crippen molar-refractivity contribution in [2.24, 2.45) is 5.73 Å². The summed E-state index contributed by atoms with van der Waals surface area (Å²) in [6.07, 6.45) is 3.37. The predicted octanol–water partition coefficient (Wildman–Crippen LogP) is 1.17. The third-order valence-corrected chi connectivity index (χ3v) is 3.04. The van der Waals surface area contributed by atoms with E-state index in [9.17, 15) is 4.79 Å². The monoisotopic (exact) mass is 267 g/mol. The molecule has 6 nitrogen and oxygen atoms in total. The Labute approximate surface area is 115 Å². The van der Waals surface area contributed by atoms with Gasteiger partial charge in [-0.2, -0.15) is 0 Å². The number of nitrogen functional groups attached to an aromatic ring is 1. The lowest BCUT2D eigenvalue weighted by atomic mass is 10.2. The summed E-state index contributed by atoms with van der Waals surface area (Å²) in [5.74, 6) is 0.196. The van der Waals surface area contributed by atoms with Crippen LogP contribution in [0.15, 0.2) is 42.7 Å². The number of pyridine rings is 1. The van der Waals surface area contributed by atoms with Crippen LogP contribution < -0.4 is 11.5 Å². The van der Waals surface area contributed by atoms with Gasteiger partial charge in [0.15, 0.2) is 0 Å². The van der Waals surface area contributed by atoms with Gasteiger partial charge in [0, 0.05) is 18.0 Å². The summed E-state index contributed by atoms with van der Waals surface area (Å²) in [4.78, 5) is 19.9. The van der Waals surface area contributed by atoms with E-state index in [1.165, 1.54) is 0 Å². The summed E-state index contributed by atoms with van der Waals surface area (Å²) in [6.45, 7) is 0.0458. The van der Waals surface area contributed by atoms with E-state index in [1.54, 1.807) is 23.0 Å². The van der Waals surface area contributed by atoms with Crippen LogP contribution in [0, 0.1) is 0 Å². The number of nitrogens with zero attached hydrogens (tertiary/aromatic N) is 3. The highest BCUT2D eigenvalue weighted by molar-refractivity contribution is 5.91. The second kappa shape index (κ2) is 4.65. The number of para-hydroxylation sites is 1. The van der Waals surface area contributed by atoms with Crippen molar-refractivity contribution in [2.45, 2.75) is 6.54 Å². The summed E-state index contributed by atoms with van der Waals surface area (Å²) in [5, 5.41) is 0. The van der Waals surface area contributed by atoms with Crippen LogP contribution in [0.2, 0.25) is 0 Å². The molecule has 0 aliphatic heterocycles. The van der Waals surface area contributed by atoms with Gasteiger partial charge in [0.1, 0.15) is 17.9 Å². The van der Waals surface area contributed by atoms with Crippen molar-refractivity contribution in [3.8, 4) is 11.4 Å². The van der Waals surface area contributed by atoms with Crippen LogP contribution in [0.3, 0.4) is 0 Å². The molecule has 20 heavy (non-hydrogen) atoms. The zero-order chi connectivity index (χ0) is 14.1. The Morgan fingerprint density at radius 1 is 1.25 bits per heavy atom. The van der Waals surface area contributed by atoms with Crippen LogP contribution in [-0.2, 0) is 11.3 Å². The number of anilines is 1. The highest BCUT2D eigenvalue weighted by Gasteiger charge is 2.15. The first-order valence-electron chi connectivity index (χ1n) is 6.10. The zero-order valence-corrected chi connectivity index (χ0v) is 10.7. The Kier molecular flexibility index (Phi) is 2.83. The van der Waals surface area contributed by atoms with Gasteiger partial charge in [0.25, 0.3) is 0 Å². The lowest BCUT2D eigenvalue weighted by molar-refractivity contribution is -0.118. The summed E-state index contributed by atoms with van der Waals surface area (Å²) in [5.41, 5.74) is 14.1. The first-order valence-corrected chi connectivity index (χ1v) is 6.10. The highest BCUT2D eigenvalue weighted by Crippen LogP contribution is 2.27. The van der Waals surface area contributed by atoms with Crippen molar-refractivity contribution in [3.63, 3.8) is 0 Å². The number of rotatable bonds is 3. The number of imidazole rings is 1. The molecule has 0 saturated carbocycles. The van der Waals surface area contributed by atoms with Crippen LogP contribution in [0.4, 0.5) is 5.69 Å². The Bertz CT molecular complexity index is 779. The predicted molar refractivity (Wildman–Crippen MR) is 76.6 cm³/mol. The topological polar surface area (TPSA) is 99.8 Å². The molecule has 1 amide bonds. The Balaban J connectivity index is 2.30. The zero-order valence-electron chi connectivity index (χ0n) is 10.7. The third kappa shape index (κ3) is 1.97. The first kappa shape index (κ1) is 12.2. The molecule has 1 aromatic carbocycles. The average Bonchev–Trinajstić information content (AvgIpc) is 2.80. The van der Waals surface area contributed by atoms with Crippen molar-refractivity contribution in [2.75, 3.05) is 5.73 Å². The largest absolute Gasteiger partial charge is 0.397 e. The van der Waals surface area contributed by atoms with Crippen molar-refractivity contribution < 1.29 is 4.79 Å². The lowest BCUT2D eigenvalue weighted by Crippen LogP contribution is -2.19. The fourth-order valence-corrected chi connectivity index (χ4v) is 2.20. The van der Waals surface area contributed by atoms with Gasteiger partial charge in [-0.15, -0.1) is 0 Å². The van der Waals surface area contributed by atoms with Crippen molar-refractivity contribution in [1.82, 2.24) is 14.5 Å². The van der Waals surface area contributed by atoms with Crippen LogP contribution >= 0.6 is 0 Å². The van der Waals surface area contributed by atoms with Gasteiger partial charge < -0.3 is 16.0 Å². The van der Waals surface area contributed by atoms with Gasteiger partial charge in [-0.25, -0.2) is 4.98 Å². The average molecular weight is 267 g/mol. The minimum absolute atomic E-state index is 0.0458. The number of benzene rings is 1. The smallest absolute Gasteiger partial charge is 0.237 e. The van der Waals surface area contributed by atoms with Crippen LogP contribution in [0.1, 0.15) is 0 Å². The molecule has 3 rings (SSSR count). The second-order valence-electron chi connectivity index (χ2n) is 4.44. The molecule has 2 heterocycles. The molecule has 0 fully saturated rings. The number of aromatic nitrogens is 3. The normalized spacial score (nSPS) is 10.8. The number of amides is 1. The quantitative estimate of drug-likeness (QED) is 0.695. The molecule has 4 N–H and O–H groups in total. The number of carbonyl (C=O) groups is 1. The SMILES string of the molecule is NC(=O)Cn1c(-c2cccnc2)nc2c(N)cccc21. The lowest BCUT2D eigenvalue weighted by Gasteiger charge is -2.06. The van der Waals surface area contributed by atoms with E-state index in [-0.39, 0.29) is 6.54 Å². The van der Waals surface area contributed by atoms with Gasteiger partial charge in [-0.3, -0.25) is 9.78 Å². The van der Waals surface area contributed by atoms with E-state index < -0.39 is 5.91 Å². The van der Waals surface area contributed by atoms with Crippen molar-refractivity contribution in [3.05, 3.63) is 42.7 Å². The molecule has 0 spiro atoms. The van der Waals surface area contributed by atoms with E-state index in [4.69, 9.17) is 11.5 Å². The number of fused-ring (bicyclic) bond motifs is 1. The molecule has 2 aromatic heterocycles. The maximum atomic E-state index is 11.3. The molecular formula is C14H13N5O. The van der Waals surface area contributed by atoms with Gasteiger partial charge >= 0.3 is 0 Å². The number of primary amides is 1. The summed E-state index contributed by atoms with van der Waals surface area (Å²) in [7, 11) is 0. The van der Waals surface area contributed by atoms with E-state index in [0.717, 1.165) is 11.1 Å². The molecule has 100 valence electrons. The van der Waals surface area contributed by atoms with Crippen molar-refractivity contribution in [1.29, 1.82) is 0 Å². The molecule has 6 heteroatoms. The van der Waals surface area contributed by atoms with E-state index >= 15 is 0 Å². The second-order valence-corrected chi connectivity index (χ2v) is 4.44. The minimum atomic E-state index is -0.433. The number of carbonyl (C=O) groups excluding carboxylic acids is 1. The van der Waals surface area contributed by atoms with Gasteiger partial charge in [-0.05, 0) is 24.3 Å².